The van der Waals surface area contributed by atoms with Crippen LogP contribution in [0.25, 0.3) is 0 Å². The monoisotopic (exact) mass is 426 g/mol. The van der Waals surface area contributed by atoms with Crippen molar-refractivity contribution in [3.8, 4) is 5.75 Å². The molecule has 4 heterocycles. The maximum absolute atomic E-state index is 13.0. The Kier molecular flexibility index (Phi) is 5.39. The number of amides is 1. The third-order valence-electron chi connectivity index (χ3n) is 5.85. The highest BCUT2D eigenvalue weighted by Crippen LogP contribution is 2.29. The fourth-order valence-electron chi connectivity index (χ4n) is 4.28. The van der Waals surface area contributed by atoms with E-state index in [0.717, 1.165) is 37.4 Å². The van der Waals surface area contributed by atoms with Gasteiger partial charge < -0.3 is 19.1 Å². The van der Waals surface area contributed by atoms with Crippen LogP contribution >= 0.6 is 11.3 Å². The zero-order valence-corrected chi connectivity index (χ0v) is 18.0. The predicted octanol–water partition coefficient (Wildman–Crippen LogP) is 3.31. The first-order chi connectivity index (χ1) is 14.7. The van der Waals surface area contributed by atoms with E-state index in [0.29, 0.717) is 44.4 Å². The number of carbonyl (C=O) groups is 1. The van der Waals surface area contributed by atoms with Gasteiger partial charge in [-0.2, -0.15) is 0 Å². The Morgan fingerprint density at radius 3 is 2.83 bits per heavy atom. The molecule has 158 valence electrons. The third kappa shape index (κ3) is 3.91. The Hall–Kier alpha value is -2.51. The molecule has 1 aromatic heterocycles. The van der Waals surface area contributed by atoms with Crippen LogP contribution in [0, 0.1) is 0 Å². The Labute approximate surface area is 180 Å². The van der Waals surface area contributed by atoms with Crippen molar-refractivity contribution in [2.75, 3.05) is 32.9 Å². The van der Waals surface area contributed by atoms with Crippen LogP contribution in [-0.2, 0) is 40.3 Å². The number of hydrogen-bond acceptors (Lipinski definition) is 6. The summed E-state index contributed by atoms with van der Waals surface area (Å²) in [5.74, 6) is 1.61. The molecule has 3 aliphatic rings. The molecule has 1 amide bonds. The zero-order chi connectivity index (χ0) is 20.5. The summed E-state index contributed by atoms with van der Waals surface area (Å²) in [6.07, 6.45) is 1.12. The van der Waals surface area contributed by atoms with Crippen molar-refractivity contribution in [3.63, 3.8) is 0 Å². The van der Waals surface area contributed by atoms with Crippen LogP contribution in [0.1, 0.15) is 28.5 Å². The summed E-state index contributed by atoms with van der Waals surface area (Å²) in [6.45, 7) is 7.16. The van der Waals surface area contributed by atoms with Gasteiger partial charge in [-0.25, -0.2) is 0 Å². The number of rotatable bonds is 3. The van der Waals surface area contributed by atoms with Gasteiger partial charge in [0.25, 0.3) is 5.91 Å². The number of hydrogen-bond donors (Lipinski definition) is 0. The summed E-state index contributed by atoms with van der Waals surface area (Å²) in [5, 5.41) is 2.19. The van der Waals surface area contributed by atoms with Crippen molar-refractivity contribution in [2.24, 2.45) is 0 Å². The van der Waals surface area contributed by atoms with Crippen LogP contribution in [0.2, 0.25) is 0 Å². The van der Waals surface area contributed by atoms with E-state index in [1.807, 2.05) is 17.4 Å². The Morgan fingerprint density at radius 2 is 1.93 bits per heavy atom. The summed E-state index contributed by atoms with van der Waals surface area (Å²) >= 11 is 1.87. The summed E-state index contributed by atoms with van der Waals surface area (Å²) < 4.78 is 17.0. The normalized spacial score (nSPS) is 19.2. The molecule has 0 N–H and O–H groups in total. The largest absolute Gasteiger partial charge is 0.491 e. The highest BCUT2D eigenvalue weighted by atomic mass is 32.1. The molecule has 0 atom stereocenters. The van der Waals surface area contributed by atoms with Crippen LogP contribution in [0.15, 0.2) is 41.2 Å². The molecule has 5 rings (SSSR count). The number of thiophene rings is 1. The van der Waals surface area contributed by atoms with E-state index < -0.39 is 0 Å². The fraction of sp³-hybridized carbons (Fsp3) is 0.435. The summed E-state index contributed by atoms with van der Waals surface area (Å²) in [4.78, 5) is 18.8. The molecule has 30 heavy (non-hydrogen) atoms. The van der Waals surface area contributed by atoms with E-state index in [2.05, 4.69) is 28.5 Å². The molecule has 0 unspecified atom stereocenters. The molecular formula is C23H26N2O4S. The number of carbonyl (C=O) groups excluding carboxylic acids is 1. The molecule has 0 saturated carbocycles. The molecule has 0 saturated heterocycles. The number of benzene rings is 1. The maximum Gasteiger partial charge on any atom is 0.292 e. The summed E-state index contributed by atoms with van der Waals surface area (Å²) in [6, 6.07) is 8.62. The van der Waals surface area contributed by atoms with Crippen LogP contribution in [0.5, 0.6) is 5.75 Å². The standard InChI is InChI=1S/C23H26N2O4S/c1-16-22(29-10-9-27-16)23(26)25-7-8-28-20-3-2-17(12-19(20)15-25)13-24-6-4-21-18(14-24)5-11-30-21/h2-3,5,11-12H,4,6-10,13-15H2,1H3. The fourth-order valence-corrected chi connectivity index (χ4v) is 5.17. The summed E-state index contributed by atoms with van der Waals surface area (Å²) in [7, 11) is 0. The molecule has 0 spiro atoms. The predicted molar refractivity (Wildman–Crippen MR) is 114 cm³/mol. The number of fused-ring (bicyclic) bond motifs is 2. The van der Waals surface area contributed by atoms with Crippen LogP contribution in [0.3, 0.4) is 0 Å². The smallest absolute Gasteiger partial charge is 0.292 e. The average molecular weight is 427 g/mol. The lowest BCUT2D eigenvalue weighted by Crippen LogP contribution is -2.36. The Morgan fingerprint density at radius 1 is 1.03 bits per heavy atom. The quantitative estimate of drug-likeness (QED) is 0.754. The van der Waals surface area contributed by atoms with E-state index in [1.165, 1.54) is 16.0 Å². The molecule has 6 nitrogen and oxygen atoms in total. The van der Waals surface area contributed by atoms with Gasteiger partial charge in [0.15, 0.2) is 0 Å². The van der Waals surface area contributed by atoms with Crippen molar-refractivity contribution in [2.45, 2.75) is 33.0 Å². The third-order valence-corrected chi connectivity index (χ3v) is 6.87. The molecule has 7 heteroatoms. The molecular weight excluding hydrogens is 400 g/mol. The first kappa shape index (κ1) is 19.5. The first-order valence-electron chi connectivity index (χ1n) is 10.5. The van der Waals surface area contributed by atoms with Gasteiger partial charge in [0, 0.05) is 36.6 Å². The summed E-state index contributed by atoms with van der Waals surface area (Å²) in [5.41, 5.74) is 3.75. The molecule has 0 fully saturated rings. The van der Waals surface area contributed by atoms with Crippen molar-refractivity contribution in [3.05, 3.63) is 62.7 Å². The van der Waals surface area contributed by atoms with Gasteiger partial charge in [-0.1, -0.05) is 6.07 Å². The first-order valence-corrected chi connectivity index (χ1v) is 11.3. The maximum atomic E-state index is 13.0. The van der Waals surface area contributed by atoms with Crippen LogP contribution < -0.4 is 4.74 Å². The zero-order valence-electron chi connectivity index (χ0n) is 17.2. The van der Waals surface area contributed by atoms with Crippen molar-refractivity contribution in [1.82, 2.24) is 9.80 Å². The van der Waals surface area contributed by atoms with Crippen molar-refractivity contribution >= 4 is 17.2 Å². The lowest BCUT2D eigenvalue weighted by atomic mass is 10.1. The SMILES string of the molecule is CC1=C(C(=O)N2CCOc3ccc(CN4CCc5sccc5C4)cc3C2)OCCO1. The van der Waals surface area contributed by atoms with E-state index in [9.17, 15) is 4.79 Å². The minimum atomic E-state index is -0.130. The highest BCUT2D eigenvalue weighted by Gasteiger charge is 2.28. The number of ether oxygens (including phenoxy) is 3. The van der Waals surface area contributed by atoms with Gasteiger partial charge in [-0.3, -0.25) is 9.69 Å². The van der Waals surface area contributed by atoms with E-state index in [-0.39, 0.29) is 5.91 Å². The molecule has 0 bridgehead atoms. The molecule has 3 aliphatic heterocycles. The van der Waals surface area contributed by atoms with Gasteiger partial charge >= 0.3 is 0 Å². The Bertz CT molecular complexity index is 983. The Balaban J connectivity index is 1.32. The second-order valence-corrected chi connectivity index (χ2v) is 8.93. The second-order valence-electron chi connectivity index (χ2n) is 7.93. The van der Waals surface area contributed by atoms with Crippen LogP contribution in [-0.4, -0.2) is 48.6 Å². The molecule has 1 aromatic carbocycles. The minimum Gasteiger partial charge on any atom is -0.491 e. The number of allylic oxidation sites excluding steroid dienone is 1. The minimum absolute atomic E-state index is 0.130. The van der Waals surface area contributed by atoms with Crippen LogP contribution in [0.4, 0.5) is 0 Å². The average Bonchev–Trinajstić information content (AvgIpc) is 3.11. The lowest BCUT2D eigenvalue weighted by Gasteiger charge is -2.27. The number of nitrogens with zero attached hydrogens (tertiary/aromatic N) is 2. The van der Waals surface area contributed by atoms with Crippen molar-refractivity contribution < 1.29 is 19.0 Å². The van der Waals surface area contributed by atoms with Gasteiger partial charge in [-0.05, 0) is 48.1 Å². The van der Waals surface area contributed by atoms with E-state index in [1.54, 1.807) is 11.8 Å². The van der Waals surface area contributed by atoms with Gasteiger partial charge in [-0.15, -0.1) is 11.3 Å². The van der Waals surface area contributed by atoms with Gasteiger partial charge in [0.05, 0.1) is 6.54 Å². The molecule has 2 aromatic rings. The van der Waals surface area contributed by atoms with E-state index in [4.69, 9.17) is 14.2 Å². The second kappa shape index (κ2) is 8.32. The molecule has 0 radical (unpaired) electrons. The lowest BCUT2D eigenvalue weighted by molar-refractivity contribution is -0.133. The topological polar surface area (TPSA) is 51.2 Å². The van der Waals surface area contributed by atoms with Gasteiger partial charge in [0.2, 0.25) is 5.76 Å². The van der Waals surface area contributed by atoms with E-state index >= 15 is 0 Å². The molecule has 0 aliphatic carbocycles. The highest BCUT2D eigenvalue weighted by molar-refractivity contribution is 7.10. The van der Waals surface area contributed by atoms with Gasteiger partial charge in [0.1, 0.15) is 31.3 Å². The van der Waals surface area contributed by atoms with Crippen molar-refractivity contribution in [1.29, 1.82) is 0 Å².